The van der Waals surface area contributed by atoms with Gasteiger partial charge in [0.05, 0.1) is 6.67 Å². The number of benzene rings is 3. The standard InChI is InChI=1S/C34H41FN2O/c1-34(2,3)27-12-8-24(9-13-27)31-7-4-6-26-22-28(36)14-17-32(26)33(31)25-10-15-29(16-11-25)38-30-18-21-37(23-30)20-5-19-35/h8-17,22,30H,4-7,18-21,23,36H2,1-3H3. The lowest BCUT2D eigenvalue weighted by Crippen LogP contribution is -2.26. The van der Waals surface area contributed by atoms with Gasteiger partial charge in [-0.1, -0.05) is 63.2 Å². The van der Waals surface area contributed by atoms with Crippen molar-refractivity contribution in [2.75, 3.05) is 32.0 Å². The highest BCUT2D eigenvalue weighted by Gasteiger charge is 2.24. The van der Waals surface area contributed by atoms with Gasteiger partial charge >= 0.3 is 0 Å². The molecular weight excluding hydrogens is 471 g/mol. The molecule has 3 aromatic rings. The van der Waals surface area contributed by atoms with Crippen LogP contribution in [0.4, 0.5) is 10.1 Å². The first kappa shape index (κ1) is 26.5. The molecule has 3 nitrogen and oxygen atoms in total. The third-order valence-electron chi connectivity index (χ3n) is 7.96. The minimum Gasteiger partial charge on any atom is -0.489 e. The van der Waals surface area contributed by atoms with Gasteiger partial charge in [0.25, 0.3) is 0 Å². The Hall–Kier alpha value is -3.11. The zero-order valence-electron chi connectivity index (χ0n) is 23.1. The van der Waals surface area contributed by atoms with E-state index >= 15 is 0 Å². The van der Waals surface area contributed by atoms with Crippen LogP contribution in [0, 0.1) is 0 Å². The molecule has 0 amide bonds. The number of allylic oxidation sites excluding steroid dienone is 1. The fourth-order valence-electron chi connectivity index (χ4n) is 5.87. The molecule has 0 aromatic heterocycles. The Kier molecular flexibility index (Phi) is 7.90. The highest BCUT2D eigenvalue weighted by Crippen LogP contribution is 2.41. The van der Waals surface area contributed by atoms with Crippen LogP contribution < -0.4 is 10.5 Å². The molecule has 0 saturated carbocycles. The van der Waals surface area contributed by atoms with Crippen LogP contribution in [0.25, 0.3) is 11.1 Å². The summed E-state index contributed by atoms with van der Waals surface area (Å²) in [5.41, 5.74) is 16.3. The van der Waals surface area contributed by atoms with Crippen molar-refractivity contribution in [3.63, 3.8) is 0 Å². The Balaban J connectivity index is 1.47. The molecule has 3 aromatic carbocycles. The normalized spacial score (nSPS) is 18.4. The SMILES string of the molecule is CC(C)(C)c1ccc(C2=C(c3ccc(OC4CCN(CCCF)C4)cc3)c3ccc(N)cc3CCC2)cc1. The van der Waals surface area contributed by atoms with Crippen molar-refractivity contribution in [3.8, 4) is 5.75 Å². The van der Waals surface area contributed by atoms with Gasteiger partial charge in [0.15, 0.2) is 0 Å². The van der Waals surface area contributed by atoms with Crippen molar-refractivity contribution >= 4 is 16.8 Å². The molecule has 0 bridgehead atoms. The summed E-state index contributed by atoms with van der Waals surface area (Å²) in [6.45, 7) is 9.19. The number of likely N-dealkylation sites (tertiary alicyclic amines) is 1. The van der Waals surface area contributed by atoms with Gasteiger partial charge < -0.3 is 10.5 Å². The zero-order valence-corrected chi connectivity index (χ0v) is 23.1. The van der Waals surface area contributed by atoms with Crippen LogP contribution in [0.3, 0.4) is 0 Å². The molecule has 1 fully saturated rings. The van der Waals surface area contributed by atoms with Gasteiger partial charge in [-0.2, -0.15) is 0 Å². The second-order valence-electron chi connectivity index (χ2n) is 11.8. The molecule has 1 unspecified atom stereocenters. The number of halogens is 1. The Bertz CT molecular complexity index is 1270. The van der Waals surface area contributed by atoms with Gasteiger partial charge in [-0.3, -0.25) is 9.29 Å². The first-order valence-electron chi connectivity index (χ1n) is 14.1. The molecule has 0 spiro atoms. The van der Waals surface area contributed by atoms with Crippen LogP contribution in [-0.2, 0) is 11.8 Å². The highest BCUT2D eigenvalue weighted by molar-refractivity contribution is 6.00. The lowest BCUT2D eigenvalue weighted by molar-refractivity contribution is 0.198. The number of anilines is 1. The van der Waals surface area contributed by atoms with Crippen molar-refractivity contribution in [3.05, 3.63) is 94.5 Å². The predicted molar refractivity (Wildman–Crippen MR) is 157 cm³/mol. The molecule has 0 radical (unpaired) electrons. The number of alkyl halides is 1. The molecule has 1 aliphatic heterocycles. The lowest BCUT2D eigenvalue weighted by atomic mass is 9.84. The van der Waals surface area contributed by atoms with Gasteiger partial charge in [0.2, 0.25) is 0 Å². The number of nitrogen functional groups attached to an aromatic ring is 1. The smallest absolute Gasteiger partial charge is 0.119 e. The second-order valence-corrected chi connectivity index (χ2v) is 11.8. The summed E-state index contributed by atoms with van der Waals surface area (Å²) in [7, 11) is 0. The second kappa shape index (κ2) is 11.3. The van der Waals surface area contributed by atoms with Crippen molar-refractivity contribution < 1.29 is 9.13 Å². The van der Waals surface area contributed by atoms with E-state index in [4.69, 9.17) is 10.5 Å². The van der Waals surface area contributed by atoms with Crippen LogP contribution in [0.15, 0.2) is 66.7 Å². The third kappa shape index (κ3) is 5.96. The summed E-state index contributed by atoms with van der Waals surface area (Å²) in [5, 5.41) is 0. The van der Waals surface area contributed by atoms with Gasteiger partial charge in [-0.05, 0) is 101 Å². The number of rotatable bonds is 7. The quantitative estimate of drug-likeness (QED) is 0.330. The summed E-state index contributed by atoms with van der Waals surface area (Å²) in [4.78, 5) is 2.30. The van der Waals surface area contributed by atoms with Gasteiger partial charge in [0.1, 0.15) is 11.9 Å². The number of fused-ring (bicyclic) bond motifs is 1. The zero-order chi connectivity index (χ0) is 26.7. The number of hydrogen-bond donors (Lipinski definition) is 1. The maximum Gasteiger partial charge on any atom is 0.119 e. The number of nitrogens with two attached hydrogens (primary N) is 1. The maximum absolute atomic E-state index is 12.6. The van der Waals surface area contributed by atoms with Gasteiger partial charge in [-0.15, -0.1) is 0 Å². The topological polar surface area (TPSA) is 38.5 Å². The molecule has 1 aliphatic carbocycles. The Morgan fingerprint density at radius 2 is 1.68 bits per heavy atom. The lowest BCUT2D eigenvalue weighted by Gasteiger charge is -2.21. The molecule has 4 heteroatoms. The van der Waals surface area contributed by atoms with E-state index in [-0.39, 0.29) is 18.2 Å². The number of aryl methyl sites for hydroxylation is 1. The molecule has 38 heavy (non-hydrogen) atoms. The van der Waals surface area contributed by atoms with Crippen molar-refractivity contribution in [1.29, 1.82) is 0 Å². The van der Waals surface area contributed by atoms with Gasteiger partial charge in [-0.25, -0.2) is 0 Å². The minimum atomic E-state index is -0.252. The van der Waals surface area contributed by atoms with E-state index in [1.54, 1.807) is 0 Å². The fraction of sp³-hybridized carbons (Fsp3) is 0.412. The van der Waals surface area contributed by atoms with Crippen molar-refractivity contribution in [1.82, 2.24) is 4.90 Å². The summed E-state index contributed by atoms with van der Waals surface area (Å²) in [6, 6.07) is 24.1. The van der Waals surface area contributed by atoms with Crippen molar-refractivity contribution in [2.45, 2.75) is 64.4 Å². The first-order chi connectivity index (χ1) is 18.3. The van der Waals surface area contributed by atoms with E-state index < -0.39 is 0 Å². The molecule has 1 heterocycles. The Labute approximate surface area is 227 Å². The average Bonchev–Trinajstić information content (AvgIpc) is 3.26. The molecule has 5 rings (SSSR count). The molecular formula is C34H41FN2O. The van der Waals surface area contributed by atoms with Crippen LogP contribution in [-0.4, -0.2) is 37.3 Å². The van der Waals surface area contributed by atoms with E-state index in [1.807, 2.05) is 6.07 Å². The molecule has 2 N–H and O–H groups in total. The number of hydrogen-bond acceptors (Lipinski definition) is 3. The van der Waals surface area contributed by atoms with E-state index in [9.17, 15) is 4.39 Å². The van der Waals surface area contributed by atoms with Crippen molar-refractivity contribution in [2.24, 2.45) is 0 Å². The summed E-state index contributed by atoms with van der Waals surface area (Å²) < 4.78 is 18.9. The number of nitrogens with zero attached hydrogens (tertiary/aromatic N) is 1. The predicted octanol–water partition coefficient (Wildman–Crippen LogP) is 7.67. The van der Waals surface area contributed by atoms with Gasteiger partial charge in [0, 0.05) is 25.3 Å². The number of ether oxygens (including phenoxy) is 1. The Morgan fingerprint density at radius 3 is 2.39 bits per heavy atom. The van der Waals surface area contributed by atoms with Crippen LogP contribution in [0.5, 0.6) is 5.75 Å². The highest BCUT2D eigenvalue weighted by atomic mass is 19.1. The summed E-state index contributed by atoms with van der Waals surface area (Å²) in [6.07, 6.45) is 4.90. The first-order valence-corrected chi connectivity index (χ1v) is 14.1. The van der Waals surface area contributed by atoms with Crippen LogP contribution in [0.2, 0.25) is 0 Å². The molecule has 2 aliphatic rings. The average molecular weight is 513 g/mol. The van der Waals surface area contributed by atoms with Crippen LogP contribution >= 0.6 is 0 Å². The third-order valence-corrected chi connectivity index (χ3v) is 7.96. The fourth-order valence-corrected chi connectivity index (χ4v) is 5.87. The molecule has 1 saturated heterocycles. The van der Waals surface area contributed by atoms with E-state index in [1.165, 1.54) is 39.0 Å². The largest absolute Gasteiger partial charge is 0.489 e. The monoisotopic (exact) mass is 512 g/mol. The molecule has 200 valence electrons. The van der Waals surface area contributed by atoms with Crippen LogP contribution in [0.1, 0.15) is 74.3 Å². The molecule has 1 atom stereocenters. The van der Waals surface area contributed by atoms with E-state index in [0.29, 0.717) is 6.42 Å². The maximum atomic E-state index is 12.6. The van der Waals surface area contributed by atoms with E-state index in [0.717, 1.165) is 56.8 Å². The summed E-state index contributed by atoms with van der Waals surface area (Å²) >= 11 is 0. The summed E-state index contributed by atoms with van der Waals surface area (Å²) in [5.74, 6) is 0.897. The Morgan fingerprint density at radius 1 is 0.947 bits per heavy atom. The minimum absolute atomic E-state index is 0.128. The van der Waals surface area contributed by atoms with E-state index in [2.05, 4.69) is 86.3 Å².